The Morgan fingerprint density at radius 3 is 1.13 bits per heavy atom. The van der Waals surface area contributed by atoms with E-state index in [0.29, 0.717) is 91.5 Å². The molecule has 0 rings (SSSR count). The fraction of sp³-hybridized carbons (Fsp3) is 0.760. The molecule has 0 spiro atoms. The number of esters is 2. The summed E-state index contributed by atoms with van der Waals surface area (Å²) < 4.78 is 47.1. The number of ether oxygens (including phenoxy) is 9. The molecule has 0 radical (unpaired) electrons. The summed E-state index contributed by atoms with van der Waals surface area (Å²) in [7, 11) is 0. The highest BCUT2D eigenvalue weighted by Crippen LogP contribution is 1.95. The molecule has 226 valence electrons. The average Bonchev–Trinajstić information content (AvgIpc) is 2.91. The van der Waals surface area contributed by atoms with E-state index in [1.54, 1.807) is 6.92 Å². The summed E-state index contributed by atoms with van der Waals surface area (Å²) >= 11 is 0. The third-order valence-corrected chi connectivity index (χ3v) is 4.33. The molecule has 0 amide bonds. The standard InChI is InChI=1S/C25H42O14/c1-21(2)25(30)39-20-18-37-16-14-35-12-10-33-8-6-31-5-7-32-9-11-34-13-15-36-17-19-38-23(27)4-3-22(26)24(28)29/h1,3-20H2,2H3,(H,28,29). The van der Waals surface area contributed by atoms with Gasteiger partial charge in [0.2, 0.25) is 5.78 Å². The molecule has 0 aliphatic heterocycles. The third kappa shape index (κ3) is 26.9. The van der Waals surface area contributed by atoms with Gasteiger partial charge < -0.3 is 47.7 Å². The van der Waals surface area contributed by atoms with Crippen LogP contribution >= 0.6 is 0 Å². The van der Waals surface area contributed by atoms with E-state index in [0.717, 1.165) is 0 Å². The van der Waals surface area contributed by atoms with Crippen LogP contribution in [0.15, 0.2) is 12.2 Å². The summed E-state index contributed by atoms with van der Waals surface area (Å²) in [6.45, 7) is 10.7. The Hall–Kier alpha value is -2.46. The highest BCUT2D eigenvalue weighted by molar-refractivity contribution is 6.32. The second kappa shape index (κ2) is 27.1. The van der Waals surface area contributed by atoms with E-state index in [4.69, 9.17) is 47.7 Å². The van der Waals surface area contributed by atoms with Gasteiger partial charge in [-0.05, 0) is 6.92 Å². The first kappa shape index (κ1) is 36.5. The molecule has 0 fully saturated rings. The Bertz CT molecular complexity index is 682. The van der Waals surface area contributed by atoms with Gasteiger partial charge in [-0.1, -0.05) is 6.58 Å². The van der Waals surface area contributed by atoms with E-state index in [2.05, 4.69) is 6.58 Å². The average molecular weight is 567 g/mol. The number of hydrogen-bond donors (Lipinski definition) is 1. The van der Waals surface area contributed by atoms with E-state index in [1.807, 2.05) is 0 Å². The molecular weight excluding hydrogens is 524 g/mol. The number of ketones is 1. The topological polar surface area (TPSA) is 172 Å². The van der Waals surface area contributed by atoms with Gasteiger partial charge in [0.15, 0.2) is 0 Å². The molecule has 0 aromatic heterocycles. The number of carbonyl (C=O) groups is 4. The predicted octanol–water partition coefficient (Wildman–Crippen LogP) is 0.199. The second-order valence-corrected chi connectivity index (χ2v) is 7.65. The Morgan fingerprint density at radius 1 is 0.513 bits per heavy atom. The van der Waals surface area contributed by atoms with Crippen molar-refractivity contribution in [3.63, 3.8) is 0 Å². The normalized spacial score (nSPS) is 10.8. The van der Waals surface area contributed by atoms with Gasteiger partial charge in [-0.15, -0.1) is 0 Å². The van der Waals surface area contributed by atoms with Crippen molar-refractivity contribution in [2.45, 2.75) is 19.8 Å². The highest BCUT2D eigenvalue weighted by Gasteiger charge is 2.14. The molecule has 0 aliphatic rings. The zero-order valence-electron chi connectivity index (χ0n) is 22.7. The van der Waals surface area contributed by atoms with Crippen LogP contribution in [0.25, 0.3) is 0 Å². The number of aliphatic carboxylic acids is 1. The minimum absolute atomic E-state index is 0.0104. The van der Waals surface area contributed by atoms with Gasteiger partial charge in [-0.2, -0.15) is 0 Å². The van der Waals surface area contributed by atoms with Crippen molar-refractivity contribution in [3.05, 3.63) is 12.2 Å². The molecule has 0 atom stereocenters. The molecule has 1 N–H and O–H groups in total. The molecule has 0 bridgehead atoms. The second-order valence-electron chi connectivity index (χ2n) is 7.65. The monoisotopic (exact) mass is 566 g/mol. The van der Waals surface area contributed by atoms with Crippen molar-refractivity contribution in [2.75, 3.05) is 106 Å². The van der Waals surface area contributed by atoms with E-state index in [9.17, 15) is 19.2 Å². The highest BCUT2D eigenvalue weighted by atomic mass is 16.6. The lowest BCUT2D eigenvalue weighted by Crippen LogP contribution is -2.17. The van der Waals surface area contributed by atoms with Gasteiger partial charge in [0, 0.05) is 12.0 Å². The van der Waals surface area contributed by atoms with Crippen LogP contribution in [0, 0.1) is 0 Å². The molecule has 0 saturated carbocycles. The molecule has 0 aromatic carbocycles. The van der Waals surface area contributed by atoms with Crippen molar-refractivity contribution in [1.82, 2.24) is 0 Å². The van der Waals surface area contributed by atoms with Crippen LogP contribution < -0.4 is 0 Å². The summed E-state index contributed by atoms with van der Waals surface area (Å²) in [5.74, 6) is -3.68. The molecule has 0 heterocycles. The zero-order valence-corrected chi connectivity index (χ0v) is 22.7. The van der Waals surface area contributed by atoms with E-state index in [1.165, 1.54) is 0 Å². The van der Waals surface area contributed by atoms with Gasteiger partial charge in [-0.25, -0.2) is 9.59 Å². The van der Waals surface area contributed by atoms with Gasteiger partial charge in [0.25, 0.3) is 0 Å². The first-order chi connectivity index (χ1) is 18.8. The molecular formula is C25H42O14. The van der Waals surface area contributed by atoms with Crippen LogP contribution in [0.2, 0.25) is 0 Å². The first-order valence-electron chi connectivity index (χ1n) is 12.6. The lowest BCUT2D eigenvalue weighted by Gasteiger charge is -2.09. The smallest absolute Gasteiger partial charge is 0.372 e. The maximum Gasteiger partial charge on any atom is 0.372 e. The minimum Gasteiger partial charge on any atom is -0.476 e. The maximum absolute atomic E-state index is 11.3. The number of Topliss-reactive ketones (excluding diaryl/α,β-unsaturated/α-hetero) is 1. The molecule has 39 heavy (non-hydrogen) atoms. The van der Waals surface area contributed by atoms with Crippen molar-refractivity contribution >= 4 is 23.7 Å². The fourth-order valence-electron chi connectivity index (χ4n) is 2.35. The summed E-state index contributed by atoms with van der Waals surface area (Å²) in [5, 5.41) is 8.42. The largest absolute Gasteiger partial charge is 0.476 e. The molecule has 14 nitrogen and oxygen atoms in total. The van der Waals surface area contributed by atoms with Crippen LogP contribution in [-0.2, 0) is 61.8 Å². The number of rotatable bonds is 29. The lowest BCUT2D eigenvalue weighted by molar-refractivity contribution is -0.151. The molecule has 14 heteroatoms. The van der Waals surface area contributed by atoms with Crippen LogP contribution in [0.1, 0.15) is 19.8 Å². The van der Waals surface area contributed by atoms with E-state index < -0.39 is 23.7 Å². The zero-order chi connectivity index (χ0) is 29.0. The summed E-state index contributed by atoms with van der Waals surface area (Å²) in [4.78, 5) is 43.7. The quantitative estimate of drug-likeness (QED) is 0.0563. The number of carboxylic acid groups (broad SMARTS) is 1. The van der Waals surface area contributed by atoms with Crippen LogP contribution in [0.4, 0.5) is 0 Å². The minimum atomic E-state index is -1.57. The summed E-state index contributed by atoms with van der Waals surface area (Å²) in [6, 6.07) is 0. The lowest BCUT2D eigenvalue weighted by atomic mass is 10.2. The number of carbonyl (C=O) groups excluding carboxylic acids is 3. The van der Waals surface area contributed by atoms with Gasteiger partial charge >= 0.3 is 17.9 Å². The van der Waals surface area contributed by atoms with Gasteiger partial charge in [-0.3, -0.25) is 9.59 Å². The Morgan fingerprint density at radius 2 is 0.821 bits per heavy atom. The Labute approximate surface area is 228 Å². The number of carboxylic acids is 1. The van der Waals surface area contributed by atoms with Crippen molar-refractivity contribution in [1.29, 1.82) is 0 Å². The van der Waals surface area contributed by atoms with Crippen LogP contribution in [0.3, 0.4) is 0 Å². The molecule has 0 unspecified atom stereocenters. The molecule has 0 aliphatic carbocycles. The Balaban J connectivity index is 3.17. The predicted molar refractivity (Wildman–Crippen MR) is 134 cm³/mol. The first-order valence-corrected chi connectivity index (χ1v) is 12.6. The molecule has 0 saturated heterocycles. The van der Waals surface area contributed by atoms with Crippen LogP contribution in [0.5, 0.6) is 0 Å². The fourth-order valence-corrected chi connectivity index (χ4v) is 2.35. The summed E-state index contributed by atoms with van der Waals surface area (Å²) in [6.07, 6.45) is -0.665. The van der Waals surface area contributed by atoms with Crippen molar-refractivity contribution in [3.8, 4) is 0 Å². The Kier molecular flexibility index (Phi) is 25.4. The SMILES string of the molecule is C=C(C)C(=O)OCCOCCOCCOCCOCCOCCOCCOCCOC(=O)CCC(=O)C(=O)O. The molecule has 0 aromatic rings. The third-order valence-electron chi connectivity index (χ3n) is 4.33. The summed E-state index contributed by atoms with van der Waals surface area (Å²) in [5.41, 5.74) is 0.355. The van der Waals surface area contributed by atoms with E-state index in [-0.39, 0.29) is 32.7 Å². The van der Waals surface area contributed by atoms with Crippen molar-refractivity contribution in [2.24, 2.45) is 0 Å². The van der Waals surface area contributed by atoms with E-state index >= 15 is 0 Å². The number of hydrogen-bond acceptors (Lipinski definition) is 13. The van der Waals surface area contributed by atoms with Gasteiger partial charge in [0.1, 0.15) is 13.2 Å². The van der Waals surface area contributed by atoms with Crippen LogP contribution in [-0.4, -0.2) is 135 Å². The maximum atomic E-state index is 11.3. The van der Waals surface area contributed by atoms with Gasteiger partial charge in [0.05, 0.1) is 98.9 Å². The van der Waals surface area contributed by atoms with Crippen molar-refractivity contribution < 1.29 is 66.9 Å².